The number of rotatable bonds is 7. The Labute approximate surface area is 181 Å². The summed E-state index contributed by atoms with van der Waals surface area (Å²) in [5, 5.41) is 7.96. The van der Waals surface area contributed by atoms with Gasteiger partial charge in [-0.15, -0.1) is 0 Å². The summed E-state index contributed by atoms with van der Waals surface area (Å²) >= 11 is 6.21. The minimum Gasteiger partial charge on any atom is -0.379 e. The largest absolute Gasteiger partial charge is 0.379 e. The Kier molecular flexibility index (Phi) is 6.79. The Morgan fingerprint density at radius 2 is 1.87 bits per heavy atom. The number of hydrogen-bond acceptors (Lipinski definition) is 4. The predicted molar refractivity (Wildman–Crippen MR) is 116 cm³/mol. The van der Waals surface area contributed by atoms with Crippen LogP contribution < -0.4 is 5.32 Å². The van der Waals surface area contributed by atoms with Crippen LogP contribution in [0.3, 0.4) is 0 Å². The summed E-state index contributed by atoms with van der Waals surface area (Å²) in [6.45, 7) is 5.40. The summed E-state index contributed by atoms with van der Waals surface area (Å²) < 4.78 is 7.13. The van der Waals surface area contributed by atoms with Crippen LogP contribution in [-0.2, 0) is 24.4 Å². The van der Waals surface area contributed by atoms with Gasteiger partial charge in [0.2, 0.25) is 0 Å². The third kappa shape index (κ3) is 5.48. The number of aromatic nitrogens is 2. The van der Waals surface area contributed by atoms with Crippen LogP contribution >= 0.6 is 11.6 Å². The highest BCUT2D eigenvalue weighted by atomic mass is 35.5. The second kappa shape index (κ2) is 9.89. The number of nitrogens with zero attached hydrogens (tertiary/aromatic N) is 3. The van der Waals surface area contributed by atoms with Gasteiger partial charge in [0, 0.05) is 37.4 Å². The first-order valence-electron chi connectivity index (χ1n) is 10.1. The van der Waals surface area contributed by atoms with E-state index in [9.17, 15) is 4.79 Å². The van der Waals surface area contributed by atoms with Crippen molar-refractivity contribution in [1.29, 1.82) is 0 Å². The quantitative estimate of drug-likeness (QED) is 0.632. The molecular weight excluding hydrogens is 400 g/mol. The maximum absolute atomic E-state index is 12.5. The molecule has 1 aliphatic rings. The second-order valence-electron chi connectivity index (χ2n) is 7.41. The molecule has 0 unspecified atom stereocenters. The highest BCUT2D eigenvalue weighted by molar-refractivity contribution is 6.31. The molecule has 0 aliphatic carbocycles. The normalized spacial score (nSPS) is 14.6. The van der Waals surface area contributed by atoms with Gasteiger partial charge in [0.15, 0.2) is 0 Å². The highest BCUT2D eigenvalue weighted by Crippen LogP contribution is 2.16. The van der Waals surface area contributed by atoms with Gasteiger partial charge in [0.05, 0.1) is 31.5 Å². The number of ether oxygens (including phenoxy) is 1. The van der Waals surface area contributed by atoms with Crippen molar-refractivity contribution >= 4 is 17.5 Å². The zero-order chi connectivity index (χ0) is 20.8. The van der Waals surface area contributed by atoms with Crippen LogP contribution in [0.25, 0.3) is 0 Å². The Bertz CT molecular complexity index is 998. The van der Waals surface area contributed by atoms with Crippen molar-refractivity contribution in [2.75, 3.05) is 26.3 Å². The SMILES string of the molecule is O=C(NCc1cccc(CN2CCOCC2)c1)c1cnn(Cc2ccccc2Cl)c1. The van der Waals surface area contributed by atoms with Gasteiger partial charge in [-0.25, -0.2) is 0 Å². The standard InChI is InChI=1S/C23H25ClN4O2/c24-22-7-2-1-6-20(22)16-28-17-21(14-26-28)23(29)25-13-18-4-3-5-19(12-18)15-27-8-10-30-11-9-27/h1-7,12,14,17H,8-11,13,15-16H2,(H,25,29). The van der Waals surface area contributed by atoms with Crippen molar-refractivity contribution in [1.82, 2.24) is 20.0 Å². The number of halogens is 1. The van der Waals surface area contributed by atoms with Gasteiger partial charge in [-0.2, -0.15) is 5.10 Å². The molecule has 30 heavy (non-hydrogen) atoms. The third-order valence-corrected chi connectivity index (χ3v) is 5.51. The predicted octanol–water partition coefficient (Wildman–Crippen LogP) is 3.35. The average Bonchev–Trinajstić information content (AvgIpc) is 3.23. The molecule has 3 aromatic rings. The Morgan fingerprint density at radius 1 is 1.07 bits per heavy atom. The van der Waals surface area contributed by atoms with Crippen molar-refractivity contribution in [2.24, 2.45) is 0 Å². The van der Waals surface area contributed by atoms with E-state index in [1.807, 2.05) is 36.4 Å². The zero-order valence-corrected chi connectivity index (χ0v) is 17.5. The molecule has 7 heteroatoms. The van der Waals surface area contributed by atoms with Gasteiger partial charge in [0.1, 0.15) is 0 Å². The van der Waals surface area contributed by atoms with Crippen LogP contribution in [0.15, 0.2) is 60.9 Å². The van der Waals surface area contributed by atoms with Crippen molar-refractivity contribution in [3.8, 4) is 0 Å². The fraction of sp³-hybridized carbons (Fsp3) is 0.304. The Balaban J connectivity index is 1.32. The molecule has 1 amide bonds. The molecule has 1 N–H and O–H groups in total. The van der Waals surface area contributed by atoms with Gasteiger partial charge in [-0.05, 0) is 22.8 Å². The lowest BCUT2D eigenvalue weighted by Crippen LogP contribution is -2.35. The number of benzene rings is 2. The fourth-order valence-electron chi connectivity index (χ4n) is 3.51. The highest BCUT2D eigenvalue weighted by Gasteiger charge is 2.12. The van der Waals surface area contributed by atoms with Gasteiger partial charge in [-0.1, -0.05) is 54.1 Å². The lowest BCUT2D eigenvalue weighted by molar-refractivity contribution is 0.0342. The van der Waals surface area contributed by atoms with Crippen molar-refractivity contribution in [3.63, 3.8) is 0 Å². The van der Waals surface area contributed by atoms with Crippen LogP contribution in [0.4, 0.5) is 0 Å². The summed E-state index contributed by atoms with van der Waals surface area (Å²) in [6, 6.07) is 16.0. The summed E-state index contributed by atoms with van der Waals surface area (Å²) in [5.41, 5.74) is 3.83. The van der Waals surface area contributed by atoms with E-state index in [0.717, 1.165) is 44.0 Å². The molecule has 1 fully saturated rings. The van der Waals surface area contributed by atoms with Crippen molar-refractivity contribution in [2.45, 2.75) is 19.6 Å². The number of carbonyl (C=O) groups excluding carboxylic acids is 1. The van der Waals surface area contributed by atoms with E-state index in [2.05, 4.69) is 27.4 Å². The summed E-state index contributed by atoms with van der Waals surface area (Å²) in [4.78, 5) is 14.9. The molecule has 0 bridgehead atoms. The molecule has 6 nitrogen and oxygen atoms in total. The molecule has 0 saturated carbocycles. The van der Waals surface area contributed by atoms with Crippen LogP contribution in [-0.4, -0.2) is 46.9 Å². The number of nitrogens with one attached hydrogen (secondary N) is 1. The van der Waals surface area contributed by atoms with Gasteiger partial charge < -0.3 is 10.1 Å². The zero-order valence-electron chi connectivity index (χ0n) is 16.8. The Hall–Kier alpha value is -2.67. The monoisotopic (exact) mass is 424 g/mol. The van der Waals surface area contributed by atoms with E-state index in [1.54, 1.807) is 17.1 Å². The molecule has 2 aromatic carbocycles. The maximum Gasteiger partial charge on any atom is 0.254 e. The molecular formula is C23H25ClN4O2. The first-order chi connectivity index (χ1) is 14.7. The smallest absolute Gasteiger partial charge is 0.254 e. The van der Waals surface area contributed by atoms with E-state index in [0.29, 0.717) is 23.7 Å². The van der Waals surface area contributed by atoms with Gasteiger partial charge >= 0.3 is 0 Å². The van der Waals surface area contributed by atoms with Crippen molar-refractivity contribution < 1.29 is 9.53 Å². The first-order valence-corrected chi connectivity index (χ1v) is 10.5. The molecule has 156 valence electrons. The van der Waals surface area contributed by atoms with Crippen LogP contribution in [0.1, 0.15) is 27.0 Å². The number of morpholine rings is 1. The van der Waals surface area contributed by atoms with Crippen LogP contribution in [0, 0.1) is 0 Å². The fourth-order valence-corrected chi connectivity index (χ4v) is 3.70. The van der Waals surface area contributed by atoms with Gasteiger partial charge in [0.25, 0.3) is 5.91 Å². The van der Waals surface area contributed by atoms with E-state index >= 15 is 0 Å². The Morgan fingerprint density at radius 3 is 2.70 bits per heavy atom. The summed E-state index contributed by atoms with van der Waals surface area (Å²) in [6.07, 6.45) is 3.33. The number of hydrogen-bond donors (Lipinski definition) is 1. The summed E-state index contributed by atoms with van der Waals surface area (Å²) in [7, 11) is 0. The van der Waals surface area contributed by atoms with Crippen LogP contribution in [0.5, 0.6) is 0 Å². The second-order valence-corrected chi connectivity index (χ2v) is 7.82. The van der Waals surface area contributed by atoms with Crippen molar-refractivity contribution in [3.05, 3.63) is 88.2 Å². The average molecular weight is 425 g/mol. The maximum atomic E-state index is 12.5. The lowest BCUT2D eigenvalue weighted by atomic mass is 10.1. The van der Waals surface area contributed by atoms with E-state index < -0.39 is 0 Å². The molecule has 2 heterocycles. The number of amides is 1. The first kappa shape index (κ1) is 20.6. The molecule has 1 aromatic heterocycles. The minimum atomic E-state index is -0.140. The molecule has 1 aliphatic heterocycles. The topological polar surface area (TPSA) is 59.4 Å². The number of carbonyl (C=O) groups is 1. The van der Waals surface area contributed by atoms with Crippen LogP contribution in [0.2, 0.25) is 5.02 Å². The third-order valence-electron chi connectivity index (χ3n) is 5.14. The minimum absolute atomic E-state index is 0.140. The van der Waals surface area contributed by atoms with E-state index in [1.165, 1.54) is 5.56 Å². The lowest BCUT2D eigenvalue weighted by Gasteiger charge is -2.26. The summed E-state index contributed by atoms with van der Waals surface area (Å²) in [5.74, 6) is -0.140. The molecule has 4 rings (SSSR count). The molecule has 0 atom stereocenters. The van der Waals surface area contributed by atoms with E-state index in [-0.39, 0.29) is 5.91 Å². The molecule has 1 saturated heterocycles. The van der Waals surface area contributed by atoms with E-state index in [4.69, 9.17) is 16.3 Å². The molecule has 0 radical (unpaired) electrons. The molecule has 0 spiro atoms. The van der Waals surface area contributed by atoms with Gasteiger partial charge in [-0.3, -0.25) is 14.4 Å².